The van der Waals surface area contributed by atoms with E-state index in [1.54, 1.807) is 4.90 Å². The van der Waals surface area contributed by atoms with Gasteiger partial charge in [0, 0.05) is 19.0 Å². The lowest BCUT2D eigenvalue weighted by atomic mass is 10.0. The SMILES string of the molecule is CC1CC(CC#N)CN1C(=O)OC(C)(C)C. The smallest absolute Gasteiger partial charge is 0.410 e. The van der Waals surface area contributed by atoms with E-state index in [-0.39, 0.29) is 12.1 Å². The Bertz CT molecular complexity index is 301. The molecule has 0 aromatic carbocycles. The van der Waals surface area contributed by atoms with E-state index in [4.69, 9.17) is 10.00 Å². The molecule has 4 nitrogen and oxygen atoms in total. The predicted molar refractivity (Wildman–Crippen MR) is 60.7 cm³/mol. The largest absolute Gasteiger partial charge is 0.444 e. The summed E-state index contributed by atoms with van der Waals surface area (Å²) in [7, 11) is 0. The van der Waals surface area contributed by atoms with Crippen LogP contribution in [-0.2, 0) is 4.74 Å². The van der Waals surface area contributed by atoms with Crippen molar-refractivity contribution in [3.63, 3.8) is 0 Å². The van der Waals surface area contributed by atoms with E-state index in [2.05, 4.69) is 6.07 Å². The monoisotopic (exact) mass is 224 g/mol. The van der Waals surface area contributed by atoms with E-state index in [0.29, 0.717) is 18.9 Å². The second kappa shape index (κ2) is 4.73. The van der Waals surface area contributed by atoms with Crippen LogP contribution in [0.5, 0.6) is 0 Å². The molecule has 0 bridgehead atoms. The Kier molecular flexibility index (Phi) is 3.79. The molecule has 4 heteroatoms. The van der Waals surface area contributed by atoms with Crippen LogP contribution in [0.15, 0.2) is 0 Å². The van der Waals surface area contributed by atoms with Crippen molar-refractivity contribution in [1.29, 1.82) is 5.26 Å². The summed E-state index contributed by atoms with van der Waals surface area (Å²) < 4.78 is 5.32. The van der Waals surface area contributed by atoms with Gasteiger partial charge in [-0.2, -0.15) is 5.26 Å². The number of nitrogens with zero attached hydrogens (tertiary/aromatic N) is 2. The quantitative estimate of drug-likeness (QED) is 0.687. The Morgan fingerprint density at radius 1 is 1.56 bits per heavy atom. The van der Waals surface area contributed by atoms with Crippen molar-refractivity contribution in [2.24, 2.45) is 5.92 Å². The van der Waals surface area contributed by atoms with Crippen LogP contribution in [0.1, 0.15) is 40.5 Å². The molecular weight excluding hydrogens is 204 g/mol. The van der Waals surface area contributed by atoms with Gasteiger partial charge in [0.15, 0.2) is 0 Å². The minimum Gasteiger partial charge on any atom is -0.444 e. The van der Waals surface area contributed by atoms with Crippen LogP contribution in [0.4, 0.5) is 4.79 Å². The highest BCUT2D eigenvalue weighted by atomic mass is 16.6. The first-order chi connectivity index (χ1) is 7.33. The maximum Gasteiger partial charge on any atom is 0.410 e. The lowest BCUT2D eigenvalue weighted by Gasteiger charge is -2.26. The number of carbonyl (C=O) groups is 1. The number of rotatable bonds is 1. The van der Waals surface area contributed by atoms with E-state index in [1.807, 2.05) is 27.7 Å². The second-order valence-corrected chi connectivity index (χ2v) is 5.45. The summed E-state index contributed by atoms with van der Waals surface area (Å²) in [6, 6.07) is 2.33. The molecule has 1 amide bonds. The molecule has 2 unspecified atom stereocenters. The Hall–Kier alpha value is -1.24. The number of hydrogen-bond acceptors (Lipinski definition) is 3. The molecule has 1 heterocycles. The molecule has 0 aliphatic carbocycles. The maximum atomic E-state index is 11.8. The van der Waals surface area contributed by atoms with Gasteiger partial charge in [0.2, 0.25) is 0 Å². The molecule has 0 aromatic heterocycles. The van der Waals surface area contributed by atoms with Gasteiger partial charge in [-0.05, 0) is 40.0 Å². The molecule has 1 fully saturated rings. The van der Waals surface area contributed by atoms with Crippen molar-refractivity contribution in [2.75, 3.05) is 6.54 Å². The summed E-state index contributed by atoms with van der Waals surface area (Å²) in [4.78, 5) is 13.6. The van der Waals surface area contributed by atoms with E-state index in [0.717, 1.165) is 6.42 Å². The third-order valence-corrected chi connectivity index (χ3v) is 2.67. The normalized spacial score (nSPS) is 25.3. The van der Waals surface area contributed by atoms with Crippen molar-refractivity contribution < 1.29 is 9.53 Å². The summed E-state index contributed by atoms with van der Waals surface area (Å²) >= 11 is 0. The van der Waals surface area contributed by atoms with Gasteiger partial charge in [-0.3, -0.25) is 0 Å². The summed E-state index contributed by atoms with van der Waals surface area (Å²) in [6.45, 7) is 8.22. The van der Waals surface area contributed by atoms with Gasteiger partial charge >= 0.3 is 6.09 Å². The van der Waals surface area contributed by atoms with Crippen LogP contribution in [-0.4, -0.2) is 29.2 Å². The van der Waals surface area contributed by atoms with Gasteiger partial charge in [-0.15, -0.1) is 0 Å². The van der Waals surface area contributed by atoms with Crippen molar-refractivity contribution >= 4 is 6.09 Å². The molecule has 0 spiro atoms. The van der Waals surface area contributed by atoms with E-state index in [9.17, 15) is 4.79 Å². The minimum absolute atomic E-state index is 0.174. The Morgan fingerprint density at radius 3 is 2.69 bits per heavy atom. The molecule has 0 saturated carbocycles. The highest BCUT2D eigenvalue weighted by Gasteiger charge is 2.34. The number of likely N-dealkylation sites (tertiary alicyclic amines) is 1. The molecule has 1 aliphatic heterocycles. The Balaban J connectivity index is 2.55. The summed E-state index contributed by atoms with van der Waals surface area (Å²) in [5, 5.41) is 8.64. The van der Waals surface area contributed by atoms with Crippen LogP contribution >= 0.6 is 0 Å². The summed E-state index contributed by atoms with van der Waals surface area (Å²) in [5.41, 5.74) is -0.454. The van der Waals surface area contributed by atoms with Crippen molar-refractivity contribution in [3.8, 4) is 6.07 Å². The minimum atomic E-state index is -0.454. The molecular formula is C12H20N2O2. The number of ether oxygens (including phenoxy) is 1. The standard InChI is InChI=1S/C12H20N2O2/c1-9-7-10(5-6-13)8-14(9)11(15)16-12(2,3)4/h9-10H,5,7-8H2,1-4H3. The number of carbonyl (C=O) groups excluding carboxylic acids is 1. The zero-order valence-electron chi connectivity index (χ0n) is 10.5. The van der Waals surface area contributed by atoms with E-state index >= 15 is 0 Å². The van der Waals surface area contributed by atoms with Crippen LogP contribution < -0.4 is 0 Å². The third-order valence-electron chi connectivity index (χ3n) is 2.67. The van der Waals surface area contributed by atoms with Gasteiger partial charge < -0.3 is 9.64 Å². The van der Waals surface area contributed by atoms with Crippen LogP contribution in [0, 0.1) is 17.2 Å². The fourth-order valence-corrected chi connectivity index (χ4v) is 1.99. The molecule has 0 radical (unpaired) electrons. The average molecular weight is 224 g/mol. The van der Waals surface area contributed by atoms with Crippen LogP contribution in [0.25, 0.3) is 0 Å². The molecule has 1 saturated heterocycles. The summed E-state index contributed by atoms with van der Waals surface area (Å²) in [5.74, 6) is 0.299. The molecule has 90 valence electrons. The zero-order valence-corrected chi connectivity index (χ0v) is 10.5. The first kappa shape index (κ1) is 12.8. The topological polar surface area (TPSA) is 53.3 Å². The lowest BCUT2D eigenvalue weighted by molar-refractivity contribution is 0.0234. The first-order valence-corrected chi connectivity index (χ1v) is 5.70. The highest BCUT2D eigenvalue weighted by Crippen LogP contribution is 2.26. The molecule has 16 heavy (non-hydrogen) atoms. The number of nitriles is 1. The number of hydrogen-bond donors (Lipinski definition) is 0. The van der Waals surface area contributed by atoms with Crippen LogP contribution in [0.2, 0.25) is 0 Å². The molecule has 0 aromatic rings. The Labute approximate surface area is 97.2 Å². The van der Waals surface area contributed by atoms with Gasteiger partial charge in [0.25, 0.3) is 0 Å². The van der Waals surface area contributed by atoms with Crippen molar-refractivity contribution in [1.82, 2.24) is 4.90 Å². The second-order valence-electron chi connectivity index (χ2n) is 5.45. The van der Waals surface area contributed by atoms with E-state index < -0.39 is 5.60 Å². The van der Waals surface area contributed by atoms with Gasteiger partial charge in [0.05, 0.1) is 6.07 Å². The lowest BCUT2D eigenvalue weighted by Crippen LogP contribution is -2.38. The summed E-state index contributed by atoms with van der Waals surface area (Å²) in [6.07, 6.45) is 1.15. The molecule has 0 N–H and O–H groups in total. The van der Waals surface area contributed by atoms with Gasteiger partial charge in [0.1, 0.15) is 5.60 Å². The Morgan fingerprint density at radius 2 is 2.19 bits per heavy atom. The van der Waals surface area contributed by atoms with E-state index in [1.165, 1.54) is 0 Å². The first-order valence-electron chi connectivity index (χ1n) is 5.70. The fourth-order valence-electron chi connectivity index (χ4n) is 1.99. The number of amides is 1. The highest BCUT2D eigenvalue weighted by molar-refractivity contribution is 5.68. The van der Waals surface area contributed by atoms with Crippen LogP contribution in [0.3, 0.4) is 0 Å². The molecule has 2 atom stereocenters. The molecule has 1 aliphatic rings. The van der Waals surface area contributed by atoms with Crippen molar-refractivity contribution in [3.05, 3.63) is 0 Å². The third kappa shape index (κ3) is 3.41. The average Bonchev–Trinajstić information content (AvgIpc) is 2.44. The predicted octanol–water partition coefficient (Wildman–Crippen LogP) is 2.55. The fraction of sp³-hybridized carbons (Fsp3) is 0.833. The molecule has 1 rings (SSSR count). The maximum absolute atomic E-state index is 11.8. The van der Waals surface area contributed by atoms with Gasteiger partial charge in [-0.1, -0.05) is 0 Å². The van der Waals surface area contributed by atoms with Crippen molar-refractivity contribution in [2.45, 2.75) is 52.2 Å². The zero-order chi connectivity index (χ0) is 12.3. The van der Waals surface area contributed by atoms with Gasteiger partial charge in [-0.25, -0.2) is 4.79 Å².